The van der Waals surface area contributed by atoms with E-state index in [1.165, 1.54) is 14.0 Å². The Labute approximate surface area is 387 Å². The zero-order valence-corrected chi connectivity index (χ0v) is 38.3. The summed E-state index contributed by atoms with van der Waals surface area (Å²) < 4.78 is 66.6. The van der Waals surface area contributed by atoms with Crippen LogP contribution in [0.3, 0.4) is 0 Å². The third-order valence-corrected chi connectivity index (χ3v) is 11.8. The van der Waals surface area contributed by atoms with Gasteiger partial charge in [0, 0.05) is 34.4 Å². The fourth-order valence-electron chi connectivity index (χ4n) is 8.15. The van der Waals surface area contributed by atoms with Crippen molar-refractivity contribution < 1.29 is 123 Å². The quantitative estimate of drug-likeness (QED) is 0.0341. The summed E-state index contributed by atoms with van der Waals surface area (Å²) in [6, 6.07) is -1.00. The molecule has 4 saturated heterocycles. The van der Waals surface area contributed by atoms with Crippen molar-refractivity contribution in [3.05, 3.63) is 0 Å². The lowest BCUT2D eigenvalue weighted by atomic mass is 9.92. The Morgan fingerprint density at radius 2 is 1.16 bits per heavy atom. The molecule has 0 aromatic rings. The largest absolute Gasteiger partial charge is 0.479 e. The molecule has 392 valence electrons. The number of nitrogens with one attached hydrogen (secondary N) is 1. The van der Waals surface area contributed by atoms with Crippen LogP contribution in [0.1, 0.15) is 40.0 Å². The molecule has 0 bridgehead atoms. The maximum absolute atomic E-state index is 12.0. The lowest BCUT2D eigenvalue weighted by molar-refractivity contribution is -0.328. The van der Waals surface area contributed by atoms with Crippen LogP contribution in [-0.2, 0) is 66.4 Å². The number of amides is 1. The minimum atomic E-state index is -1.79. The lowest BCUT2D eigenvalue weighted by Crippen LogP contribution is -2.67. The van der Waals surface area contributed by atoms with Gasteiger partial charge in [-0.2, -0.15) is 0 Å². The minimum absolute atomic E-state index is 0.0874. The Hall–Kier alpha value is -1.94. The van der Waals surface area contributed by atoms with E-state index in [1.54, 1.807) is 13.8 Å². The van der Waals surface area contributed by atoms with E-state index < -0.39 is 146 Å². The number of ether oxygens (including phenoxy) is 12. The smallest absolute Gasteiger partial charge is 0.335 e. The van der Waals surface area contributed by atoms with Gasteiger partial charge < -0.3 is 118 Å². The molecule has 1 amide bonds. The number of aliphatic hydroxyl groups excluding tert-OH is 10. The number of carboxylic acid groups (broad SMARTS) is 1. The molecule has 0 radical (unpaired) electrons. The van der Waals surface area contributed by atoms with Gasteiger partial charge in [0.25, 0.3) is 0 Å². The zero-order chi connectivity index (χ0) is 49.5. The number of hydrogen-bond donors (Lipinski definition) is 12. The Bertz CT molecular complexity index is 1440. The van der Waals surface area contributed by atoms with E-state index in [1.807, 2.05) is 0 Å². The Balaban J connectivity index is 1.11. The molecule has 10 unspecified atom stereocenters. The molecule has 26 nitrogen and oxygen atoms in total. The first kappa shape index (κ1) is 57.6. The molecule has 0 spiro atoms. The van der Waals surface area contributed by atoms with E-state index >= 15 is 0 Å². The molecule has 4 rings (SSSR count). The van der Waals surface area contributed by atoms with Crippen molar-refractivity contribution in [2.24, 2.45) is 0 Å². The molecule has 67 heavy (non-hydrogen) atoms. The van der Waals surface area contributed by atoms with Crippen molar-refractivity contribution >= 4 is 11.9 Å². The molecular formula is C41H73NO25. The van der Waals surface area contributed by atoms with Gasteiger partial charge >= 0.3 is 5.97 Å². The second-order valence-electron chi connectivity index (χ2n) is 17.0. The lowest BCUT2D eigenvalue weighted by Gasteiger charge is -2.47. The zero-order valence-electron chi connectivity index (χ0n) is 38.3. The van der Waals surface area contributed by atoms with Gasteiger partial charge in [0.2, 0.25) is 5.91 Å². The molecule has 0 saturated carbocycles. The van der Waals surface area contributed by atoms with Gasteiger partial charge in [0.05, 0.1) is 64.5 Å². The van der Waals surface area contributed by atoms with Gasteiger partial charge in [-0.25, -0.2) is 4.79 Å². The maximum Gasteiger partial charge on any atom is 0.335 e. The fraction of sp³-hybridized carbons (Fsp3) is 0.951. The molecule has 12 N–H and O–H groups in total. The second kappa shape index (κ2) is 28.2. The maximum atomic E-state index is 12.0. The van der Waals surface area contributed by atoms with Crippen LogP contribution in [0.4, 0.5) is 0 Å². The van der Waals surface area contributed by atoms with E-state index in [0.717, 1.165) is 7.11 Å². The molecule has 26 heteroatoms. The SMILES string of the molecule is CC[C@H]1OC(CO[C@H]2OC(COC)[C@@H](O)[C@H](O)C2O)[C@@H](O)[C@H](OCC(O)COCCCCOCC(O)COCC2O[C@H](C)C(NC(C)=O)[C@@H](O[C@@H]3OC(C(=O)O)[C@@H](OC)[C@H](O)C3O)[C@@H]2O)C1O. The number of carboxylic acids is 1. The van der Waals surface area contributed by atoms with E-state index in [0.29, 0.717) is 19.3 Å². The predicted molar refractivity (Wildman–Crippen MR) is 221 cm³/mol. The van der Waals surface area contributed by atoms with Crippen LogP contribution in [0.15, 0.2) is 0 Å². The topological polar surface area (TPSA) is 379 Å². The average molecular weight is 980 g/mol. The summed E-state index contributed by atoms with van der Waals surface area (Å²) in [4.78, 5) is 23.8. The number of carbonyl (C=O) groups is 2. The van der Waals surface area contributed by atoms with E-state index in [2.05, 4.69) is 5.32 Å². The molecule has 4 aliphatic heterocycles. The van der Waals surface area contributed by atoms with E-state index in [9.17, 15) is 65.8 Å². The van der Waals surface area contributed by atoms with Crippen LogP contribution in [0.25, 0.3) is 0 Å². The van der Waals surface area contributed by atoms with Crippen molar-refractivity contribution in [3.63, 3.8) is 0 Å². The van der Waals surface area contributed by atoms with Gasteiger partial charge in [-0.05, 0) is 26.2 Å². The molecule has 0 aliphatic carbocycles. The van der Waals surface area contributed by atoms with Gasteiger partial charge in [-0.15, -0.1) is 0 Å². The van der Waals surface area contributed by atoms with E-state index in [4.69, 9.17) is 56.8 Å². The van der Waals surface area contributed by atoms with Crippen LogP contribution in [0.5, 0.6) is 0 Å². The molecule has 0 aromatic heterocycles. The molecule has 4 aliphatic rings. The monoisotopic (exact) mass is 979 g/mol. The average Bonchev–Trinajstić information content (AvgIpc) is 3.28. The summed E-state index contributed by atoms with van der Waals surface area (Å²) >= 11 is 0. The first-order chi connectivity index (χ1) is 31.8. The summed E-state index contributed by atoms with van der Waals surface area (Å²) in [5.41, 5.74) is 0. The molecule has 4 heterocycles. The number of unbranched alkanes of at least 4 members (excludes halogenated alkanes) is 1. The Morgan fingerprint density at radius 1 is 0.597 bits per heavy atom. The van der Waals surface area contributed by atoms with E-state index in [-0.39, 0.29) is 59.5 Å². The Kier molecular flexibility index (Phi) is 24.3. The number of aliphatic hydroxyl groups is 10. The number of carbonyl (C=O) groups excluding carboxylic acids is 1. The van der Waals surface area contributed by atoms with Crippen LogP contribution >= 0.6 is 0 Å². The second-order valence-corrected chi connectivity index (χ2v) is 17.0. The Morgan fingerprint density at radius 3 is 1.76 bits per heavy atom. The first-order valence-corrected chi connectivity index (χ1v) is 22.4. The summed E-state index contributed by atoms with van der Waals surface area (Å²) in [6.07, 6.45) is -26.7. The molecule has 22 atom stereocenters. The minimum Gasteiger partial charge on any atom is -0.479 e. The van der Waals surface area contributed by atoms with Gasteiger partial charge in [0.15, 0.2) is 18.7 Å². The first-order valence-electron chi connectivity index (χ1n) is 22.4. The fourth-order valence-corrected chi connectivity index (χ4v) is 8.15. The van der Waals surface area contributed by atoms with Crippen molar-refractivity contribution in [1.29, 1.82) is 0 Å². The van der Waals surface area contributed by atoms with Crippen LogP contribution < -0.4 is 5.32 Å². The van der Waals surface area contributed by atoms with Gasteiger partial charge in [-0.1, -0.05) is 6.92 Å². The van der Waals surface area contributed by atoms with Gasteiger partial charge in [-0.3, -0.25) is 4.79 Å². The van der Waals surface area contributed by atoms with Crippen molar-refractivity contribution in [1.82, 2.24) is 5.32 Å². The van der Waals surface area contributed by atoms with Crippen LogP contribution in [0.2, 0.25) is 0 Å². The van der Waals surface area contributed by atoms with Crippen LogP contribution in [-0.4, -0.2) is 276 Å². The highest BCUT2D eigenvalue weighted by Crippen LogP contribution is 2.31. The highest BCUT2D eigenvalue weighted by molar-refractivity contribution is 5.74. The standard InChI is InChI=1S/C41H73NO25/c1-6-22-28(47)36(30(49)25(64-22)17-62-40-33(52)31(50)27(46)23(65-40)15-56-4)61-14-21(45)12-59-10-8-7-9-58-11-20(44)13-60-16-24-29(48)35(26(18(2)63-24)42-19(3)43)66-41-34(53)32(51)37(57-5)38(67-41)39(54)55/h18,20-38,40-41,44-53H,6-17H2,1-5H3,(H,42,43)(H,54,55)/t18-,20?,21?,22-,23?,24?,25?,26?,27-,28?,29-,30-,31+,32-,33?,34?,35-,36-,37+,38?,40+,41-/m1/s1. The third-order valence-electron chi connectivity index (χ3n) is 11.8. The molecular weight excluding hydrogens is 906 g/mol. The van der Waals surface area contributed by atoms with Crippen molar-refractivity contribution in [2.75, 3.05) is 73.7 Å². The number of aliphatic carboxylic acids is 1. The number of hydrogen-bond acceptors (Lipinski definition) is 24. The molecule has 4 fully saturated rings. The highest BCUT2D eigenvalue weighted by atomic mass is 16.7. The third kappa shape index (κ3) is 16.0. The highest BCUT2D eigenvalue weighted by Gasteiger charge is 2.53. The predicted octanol–water partition coefficient (Wildman–Crippen LogP) is -6.12. The van der Waals surface area contributed by atoms with Crippen molar-refractivity contribution in [2.45, 2.75) is 175 Å². The van der Waals surface area contributed by atoms with Crippen LogP contribution in [0, 0.1) is 0 Å². The summed E-state index contributed by atoms with van der Waals surface area (Å²) in [5.74, 6) is -1.99. The summed E-state index contributed by atoms with van der Waals surface area (Å²) in [7, 11) is 2.51. The van der Waals surface area contributed by atoms with Crippen molar-refractivity contribution in [3.8, 4) is 0 Å². The summed E-state index contributed by atoms with van der Waals surface area (Å²) in [5, 5.41) is 118. The normalized spacial score (nSPS) is 40.3. The number of rotatable bonds is 27. The number of methoxy groups -OCH3 is 2. The summed E-state index contributed by atoms with van der Waals surface area (Å²) in [6.45, 7) is 3.63. The van der Waals surface area contributed by atoms with Gasteiger partial charge in [0.1, 0.15) is 97.7 Å². The molecule has 0 aromatic carbocycles.